The number of carbonyl (C=O) groups excluding carboxylic acids is 1. The summed E-state index contributed by atoms with van der Waals surface area (Å²) in [6, 6.07) is 4.25. The molecule has 0 unspecified atom stereocenters. The van der Waals surface area contributed by atoms with Crippen molar-refractivity contribution in [3.8, 4) is 11.5 Å². The number of phenolic OH excluding ortho intramolecular Hbond substituents is 2. The van der Waals surface area contributed by atoms with Crippen molar-refractivity contribution in [2.45, 2.75) is 13.3 Å². The zero-order chi connectivity index (χ0) is 13.7. The molecule has 0 heterocycles. The molecular formula is C12H16N2O3S. The van der Waals surface area contributed by atoms with E-state index in [1.165, 1.54) is 23.1 Å². The maximum atomic E-state index is 12.2. The number of phenols is 2. The molecule has 98 valence electrons. The average Bonchev–Trinajstić information content (AvgIpc) is 2.31. The van der Waals surface area contributed by atoms with Crippen LogP contribution in [-0.2, 0) is 0 Å². The molecule has 5 nitrogen and oxygen atoms in total. The molecule has 0 aromatic heterocycles. The molecule has 0 radical (unpaired) electrons. The van der Waals surface area contributed by atoms with Crippen molar-refractivity contribution in [2.75, 3.05) is 13.1 Å². The quantitative estimate of drug-likeness (QED) is 0.552. The van der Waals surface area contributed by atoms with Gasteiger partial charge in [-0.15, -0.1) is 0 Å². The van der Waals surface area contributed by atoms with Crippen molar-refractivity contribution in [1.82, 2.24) is 4.90 Å². The van der Waals surface area contributed by atoms with E-state index in [-0.39, 0.29) is 22.8 Å². The Hall–Kier alpha value is -1.82. The van der Waals surface area contributed by atoms with Crippen LogP contribution in [0.25, 0.3) is 0 Å². The van der Waals surface area contributed by atoms with E-state index in [4.69, 9.17) is 18.0 Å². The molecular weight excluding hydrogens is 252 g/mol. The van der Waals surface area contributed by atoms with Gasteiger partial charge in [0.2, 0.25) is 0 Å². The third kappa shape index (κ3) is 3.33. The maximum Gasteiger partial charge on any atom is 0.258 e. The summed E-state index contributed by atoms with van der Waals surface area (Å²) in [4.78, 5) is 13.8. The highest BCUT2D eigenvalue weighted by Gasteiger charge is 2.20. The largest absolute Gasteiger partial charge is 0.504 e. The Kier molecular flexibility index (Phi) is 4.91. The first-order chi connectivity index (χ1) is 8.47. The summed E-state index contributed by atoms with van der Waals surface area (Å²) >= 11 is 4.79. The highest BCUT2D eigenvalue weighted by molar-refractivity contribution is 7.80. The predicted octanol–water partition coefficient (Wildman–Crippen LogP) is 1.24. The SMILES string of the molecule is CCCN(CC(N)=S)C(=O)c1cccc(O)c1O. The van der Waals surface area contributed by atoms with E-state index in [1.807, 2.05) is 6.92 Å². The molecule has 0 bridgehead atoms. The van der Waals surface area contributed by atoms with Gasteiger partial charge in [-0.05, 0) is 18.6 Å². The first-order valence-electron chi connectivity index (χ1n) is 5.55. The lowest BCUT2D eigenvalue weighted by Crippen LogP contribution is -2.38. The summed E-state index contributed by atoms with van der Waals surface area (Å²) in [5.74, 6) is -1.16. The van der Waals surface area contributed by atoms with Gasteiger partial charge in [0, 0.05) is 6.54 Å². The van der Waals surface area contributed by atoms with E-state index in [9.17, 15) is 15.0 Å². The van der Waals surface area contributed by atoms with Crippen molar-refractivity contribution in [3.63, 3.8) is 0 Å². The van der Waals surface area contributed by atoms with Crippen LogP contribution in [0.1, 0.15) is 23.7 Å². The number of thiocarbonyl (C=S) groups is 1. The number of nitrogens with zero attached hydrogens (tertiary/aromatic N) is 1. The van der Waals surface area contributed by atoms with E-state index < -0.39 is 11.7 Å². The van der Waals surface area contributed by atoms with Crippen LogP contribution in [0.15, 0.2) is 18.2 Å². The van der Waals surface area contributed by atoms with Gasteiger partial charge in [-0.1, -0.05) is 25.2 Å². The van der Waals surface area contributed by atoms with E-state index in [2.05, 4.69) is 0 Å². The molecule has 0 aliphatic carbocycles. The van der Waals surface area contributed by atoms with E-state index >= 15 is 0 Å². The number of nitrogens with two attached hydrogens (primary N) is 1. The second-order valence-corrected chi connectivity index (χ2v) is 4.39. The van der Waals surface area contributed by atoms with Gasteiger partial charge in [0.15, 0.2) is 11.5 Å². The molecule has 6 heteroatoms. The second kappa shape index (κ2) is 6.20. The normalized spacial score (nSPS) is 10.1. The monoisotopic (exact) mass is 268 g/mol. The molecule has 4 N–H and O–H groups in total. The Morgan fingerprint density at radius 3 is 2.67 bits per heavy atom. The highest BCUT2D eigenvalue weighted by Crippen LogP contribution is 2.29. The lowest BCUT2D eigenvalue weighted by atomic mass is 10.1. The molecule has 1 rings (SSSR count). The summed E-state index contributed by atoms with van der Waals surface area (Å²) in [6.45, 7) is 2.55. The summed E-state index contributed by atoms with van der Waals surface area (Å²) in [5, 5.41) is 19.0. The molecule has 0 atom stereocenters. The number of hydrogen-bond donors (Lipinski definition) is 3. The predicted molar refractivity (Wildman–Crippen MR) is 72.8 cm³/mol. The molecule has 0 spiro atoms. The Bertz CT molecular complexity index is 463. The Morgan fingerprint density at radius 2 is 2.11 bits per heavy atom. The molecule has 1 amide bonds. The van der Waals surface area contributed by atoms with E-state index in [0.29, 0.717) is 6.54 Å². The van der Waals surface area contributed by atoms with E-state index in [1.54, 1.807) is 0 Å². The minimum absolute atomic E-state index is 0.0414. The number of amides is 1. The minimum atomic E-state index is -0.424. The molecule has 0 saturated carbocycles. The van der Waals surface area contributed by atoms with Gasteiger partial charge in [-0.25, -0.2) is 0 Å². The van der Waals surface area contributed by atoms with Gasteiger partial charge >= 0.3 is 0 Å². The average molecular weight is 268 g/mol. The van der Waals surface area contributed by atoms with Crippen molar-refractivity contribution in [3.05, 3.63) is 23.8 Å². The zero-order valence-corrected chi connectivity index (χ0v) is 10.9. The number of carbonyl (C=O) groups is 1. The third-order valence-corrected chi connectivity index (χ3v) is 2.50. The van der Waals surface area contributed by atoms with Gasteiger partial charge in [0.1, 0.15) is 0 Å². The first kappa shape index (κ1) is 14.2. The number of rotatable bonds is 5. The van der Waals surface area contributed by atoms with Crippen LogP contribution in [0.4, 0.5) is 0 Å². The third-order valence-electron chi connectivity index (χ3n) is 2.37. The van der Waals surface area contributed by atoms with Gasteiger partial charge in [-0.3, -0.25) is 4.79 Å². The van der Waals surface area contributed by atoms with Crippen LogP contribution in [0.3, 0.4) is 0 Å². The van der Waals surface area contributed by atoms with Gasteiger partial charge in [0.05, 0.1) is 17.1 Å². The smallest absolute Gasteiger partial charge is 0.258 e. The van der Waals surface area contributed by atoms with Crippen LogP contribution in [0.2, 0.25) is 0 Å². The van der Waals surface area contributed by atoms with Crippen LogP contribution in [-0.4, -0.2) is 39.1 Å². The van der Waals surface area contributed by atoms with Crippen molar-refractivity contribution < 1.29 is 15.0 Å². The number of benzene rings is 1. The molecule has 0 aliphatic heterocycles. The van der Waals surface area contributed by atoms with Gasteiger partial charge in [0.25, 0.3) is 5.91 Å². The second-order valence-electron chi connectivity index (χ2n) is 3.87. The van der Waals surface area contributed by atoms with E-state index in [0.717, 1.165) is 6.42 Å². The Balaban J connectivity index is 3.01. The van der Waals surface area contributed by atoms with Crippen molar-refractivity contribution >= 4 is 23.1 Å². The molecule has 1 aromatic rings. The van der Waals surface area contributed by atoms with Crippen LogP contribution in [0, 0.1) is 0 Å². The highest BCUT2D eigenvalue weighted by atomic mass is 32.1. The fourth-order valence-electron chi connectivity index (χ4n) is 1.58. The zero-order valence-electron chi connectivity index (χ0n) is 10.1. The lowest BCUT2D eigenvalue weighted by molar-refractivity contribution is 0.0776. The first-order valence-corrected chi connectivity index (χ1v) is 5.96. The fraction of sp³-hybridized carbons (Fsp3) is 0.333. The van der Waals surface area contributed by atoms with Gasteiger partial charge < -0.3 is 20.8 Å². The number of aromatic hydroxyl groups is 2. The molecule has 18 heavy (non-hydrogen) atoms. The lowest BCUT2D eigenvalue weighted by Gasteiger charge is -2.22. The van der Waals surface area contributed by atoms with Crippen molar-refractivity contribution in [2.24, 2.45) is 5.73 Å². The standard InChI is InChI=1S/C12H16N2O3S/c1-2-6-14(7-10(13)18)12(17)8-4-3-5-9(15)11(8)16/h3-5,15-16H,2,6-7H2,1H3,(H2,13,18). The van der Waals surface area contributed by atoms with Crippen LogP contribution in [0.5, 0.6) is 11.5 Å². The van der Waals surface area contributed by atoms with Gasteiger partial charge in [-0.2, -0.15) is 0 Å². The topological polar surface area (TPSA) is 86.8 Å². The summed E-state index contributed by atoms with van der Waals surface area (Å²) < 4.78 is 0. The Morgan fingerprint density at radius 1 is 1.44 bits per heavy atom. The van der Waals surface area contributed by atoms with Crippen LogP contribution < -0.4 is 5.73 Å². The summed E-state index contributed by atoms with van der Waals surface area (Å²) in [6.07, 6.45) is 0.744. The number of para-hydroxylation sites is 1. The molecule has 0 fully saturated rings. The molecule has 0 aliphatic rings. The summed E-state index contributed by atoms with van der Waals surface area (Å²) in [7, 11) is 0. The minimum Gasteiger partial charge on any atom is -0.504 e. The molecule has 1 aromatic carbocycles. The molecule has 0 saturated heterocycles. The number of hydrogen-bond acceptors (Lipinski definition) is 4. The maximum absolute atomic E-state index is 12.2. The van der Waals surface area contributed by atoms with Crippen LogP contribution >= 0.6 is 12.2 Å². The summed E-state index contributed by atoms with van der Waals surface area (Å²) in [5.41, 5.74) is 5.47. The fourth-order valence-corrected chi connectivity index (χ4v) is 1.74. The van der Waals surface area contributed by atoms with Crippen molar-refractivity contribution in [1.29, 1.82) is 0 Å². The Labute approximate surface area is 111 Å².